The molecule has 1 N–H and O–H groups in total. The van der Waals surface area contributed by atoms with Crippen LogP contribution in [-0.4, -0.2) is 22.7 Å². The average Bonchev–Trinajstić information content (AvgIpc) is 2.41. The van der Waals surface area contributed by atoms with Crippen molar-refractivity contribution >= 4 is 5.82 Å². The first-order valence-corrected chi connectivity index (χ1v) is 6.67. The molecular formula is C14H22N2O. The van der Waals surface area contributed by atoms with Gasteiger partial charge < -0.3 is 10.0 Å². The van der Waals surface area contributed by atoms with Gasteiger partial charge in [-0.3, -0.25) is 0 Å². The lowest BCUT2D eigenvalue weighted by Gasteiger charge is -2.34. The van der Waals surface area contributed by atoms with E-state index in [9.17, 15) is 5.11 Å². The molecule has 1 heterocycles. The van der Waals surface area contributed by atoms with E-state index < -0.39 is 0 Å². The summed E-state index contributed by atoms with van der Waals surface area (Å²) in [6, 6.07) is 4.52. The summed E-state index contributed by atoms with van der Waals surface area (Å²) < 4.78 is 0. The van der Waals surface area contributed by atoms with Crippen molar-refractivity contribution in [2.24, 2.45) is 0 Å². The quantitative estimate of drug-likeness (QED) is 0.870. The molecular weight excluding hydrogens is 212 g/mol. The van der Waals surface area contributed by atoms with Crippen LogP contribution in [-0.2, 0) is 6.61 Å². The maximum absolute atomic E-state index is 9.18. The SMILES string of the molecule is CCN(c1cc(CO)ccn1)C1CCCCC1. The van der Waals surface area contributed by atoms with Crippen molar-refractivity contribution in [2.45, 2.75) is 51.7 Å². The highest BCUT2D eigenvalue weighted by molar-refractivity contribution is 5.42. The molecule has 1 aromatic rings. The number of rotatable bonds is 4. The molecule has 3 heteroatoms. The Bertz CT molecular complexity index is 348. The van der Waals surface area contributed by atoms with Gasteiger partial charge in [0.15, 0.2) is 0 Å². The van der Waals surface area contributed by atoms with E-state index in [1.165, 1.54) is 32.1 Å². The van der Waals surface area contributed by atoms with E-state index >= 15 is 0 Å². The van der Waals surface area contributed by atoms with Crippen LogP contribution in [0.4, 0.5) is 5.82 Å². The summed E-state index contributed by atoms with van der Waals surface area (Å²) in [6.07, 6.45) is 8.39. The molecule has 0 aliphatic heterocycles. The smallest absolute Gasteiger partial charge is 0.129 e. The minimum absolute atomic E-state index is 0.0950. The molecule has 3 nitrogen and oxygen atoms in total. The highest BCUT2D eigenvalue weighted by Crippen LogP contribution is 2.26. The summed E-state index contributed by atoms with van der Waals surface area (Å²) in [7, 11) is 0. The third-order valence-corrected chi connectivity index (χ3v) is 3.64. The van der Waals surface area contributed by atoms with Crippen molar-refractivity contribution in [3.05, 3.63) is 23.9 Å². The molecule has 17 heavy (non-hydrogen) atoms. The lowest BCUT2D eigenvalue weighted by atomic mass is 9.94. The molecule has 0 unspecified atom stereocenters. The predicted molar refractivity (Wildman–Crippen MR) is 70.1 cm³/mol. The van der Waals surface area contributed by atoms with Crippen LogP contribution >= 0.6 is 0 Å². The number of aliphatic hydroxyl groups is 1. The second-order valence-corrected chi connectivity index (χ2v) is 4.76. The third kappa shape index (κ3) is 2.97. The summed E-state index contributed by atoms with van der Waals surface area (Å²) >= 11 is 0. The molecule has 0 bridgehead atoms. The number of hydrogen-bond acceptors (Lipinski definition) is 3. The first kappa shape index (κ1) is 12.4. The van der Waals surface area contributed by atoms with Crippen LogP contribution in [0.3, 0.4) is 0 Å². The van der Waals surface area contributed by atoms with Gasteiger partial charge in [0.05, 0.1) is 6.61 Å². The number of pyridine rings is 1. The second kappa shape index (κ2) is 6.01. The molecule has 94 valence electrons. The van der Waals surface area contributed by atoms with E-state index in [-0.39, 0.29) is 6.61 Å². The normalized spacial score (nSPS) is 17.1. The molecule has 0 spiro atoms. The van der Waals surface area contributed by atoms with E-state index in [4.69, 9.17) is 0 Å². The monoisotopic (exact) mass is 234 g/mol. The maximum atomic E-state index is 9.18. The Labute approximate surface area is 103 Å². The zero-order chi connectivity index (χ0) is 12.1. The predicted octanol–water partition coefficient (Wildman–Crippen LogP) is 2.73. The Morgan fingerprint density at radius 2 is 2.12 bits per heavy atom. The van der Waals surface area contributed by atoms with Gasteiger partial charge in [-0.1, -0.05) is 19.3 Å². The van der Waals surface area contributed by atoms with Gasteiger partial charge >= 0.3 is 0 Å². The molecule has 1 aliphatic carbocycles. The fraction of sp³-hybridized carbons (Fsp3) is 0.643. The standard InChI is InChI=1S/C14H22N2O/c1-2-16(13-6-4-3-5-7-13)14-10-12(11-17)8-9-15-14/h8-10,13,17H,2-7,11H2,1H3. The third-order valence-electron chi connectivity index (χ3n) is 3.64. The summed E-state index contributed by atoms with van der Waals surface area (Å²) in [4.78, 5) is 6.84. The Hall–Kier alpha value is -1.09. The van der Waals surface area contributed by atoms with Crippen LogP contribution < -0.4 is 4.90 Å². The number of anilines is 1. The Morgan fingerprint density at radius 1 is 1.35 bits per heavy atom. The summed E-state index contributed by atoms with van der Waals surface area (Å²) in [5.41, 5.74) is 0.948. The number of nitrogens with zero attached hydrogens (tertiary/aromatic N) is 2. The van der Waals surface area contributed by atoms with E-state index in [0.717, 1.165) is 17.9 Å². The first-order valence-electron chi connectivity index (χ1n) is 6.67. The van der Waals surface area contributed by atoms with Gasteiger partial charge in [-0.05, 0) is 37.5 Å². The molecule has 1 aromatic heterocycles. The molecule has 0 aromatic carbocycles. The van der Waals surface area contributed by atoms with Gasteiger partial charge in [0.25, 0.3) is 0 Å². The summed E-state index contributed by atoms with van der Waals surface area (Å²) in [6.45, 7) is 3.27. The van der Waals surface area contributed by atoms with Crippen molar-refractivity contribution in [2.75, 3.05) is 11.4 Å². The van der Waals surface area contributed by atoms with Crippen LogP contribution in [0.5, 0.6) is 0 Å². The largest absolute Gasteiger partial charge is 0.392 e. The van der Waals surface area contributed by atoms with Gasteiger partial charge in [0.1, 0.15) is 5.82 Å². The second-order valence-electron chi connectivity index (χ2n) is 4.76. The number of aromatic nitrogens is 1. The number of aliphatic hydroxyl groups excluding tert-OH is 1. The van der Waals surface area contributed by atoms with Gasteiger partial charge in [-0.2, -0.15) is 0 Å². The van der Waals surface area contributed by atoms with Crippen molar-refractivity contribution in [1.82, 2.24) is 4.98 Å². The first-order chi connectivity index (χ1) is 8.35. The maximum Gasteiger partial charge on any atom is 0.129 e. The van der Waals surface area contributed by atoms with E-state index in [1.807, 2.05) is 12.1 Å². The molecule has 0 atom stereocenters. The number of hydrogen-bond donors (Lipinski definition) is 1. The van der Waals surface area contributed by atoms with Crippen molar-refractivity contribution in [3.8, 4) is 0 Å². The van der Waals surface area contributed by atoms with Crippen molar-refractivity contribution in [1.29, 1.82) is 0 Å². The van der Waals surface area contributed by atoms with Crippen LogP contribution in [0.25, 0.3) is 0 Å². The topological polar surface area (TPSA) is 36.4 Å². The zero-order valence-corrected chi connectivity index (χ0v) is 10.6. The van der Waals surface area contributed by atoms with Crippen molar-refractivity contribution in [3.63, 3.8) is 0 Å². The minimum Gasteiger partial charge on any atom is -0.392 e. The van der Waals surface area contributed by atoms with Crippen LogP contribution in [0.1, 0.15) is 44.6 Å². The minimum atomic E-state index is 0.0950. The zero-order valence-electron chi connectivity index (χ0n) is 10.6. The van der Waals surface area contributed by atoms with Gasteiger partial charge in [-0.15, -0.1) is 0 Å². The Morgan fingerprint density at radius 3 is 2.76 bits per heavy atom. The highest BCUT2D eigenvalue weighted by atomic mass is 16.3. The molecule has 2 rings (SSSR count). The van der Waals surface area contributed by atoms with E-state index in [0.29, 0.717) is 6.04 Å². The lowest BCUT2D eigenvalue weighted by Crippen LogP contribution is -2.37. The van der Waals surface area contributed by atoms with Crippen LogP contribution in [0, 0.1) is 0 Å². The molecule has 0 radical (unpaired) electrons. The van der Waals surface area contributed by atoms with E-state index in [1.54, 1.807) is 6.20 Å². The van der Waals surface area contributed by atoms with Crippen molar-refractivity contribution < 1.29 is 5.11 Å². The van der Waals surface area contributed by atoms with Gasteiger partial charge in [0, 0.05) is 18.8 Å². The fourth-order valence-corrected chi connectivity index (χ4v) is 2.72. The fourth-order valence-electron chi connectivity index (χ4n) is 2.72. The molecule has 1 fully saturated rings. The van der Waals surface area contributed by atoms with E-state index in [2.05, 4.69) is 16.8 Å². The van der Waals surface area contributed by atoms with Crippen LogP contribution in [0.15, 0.2) is 18.3 Å². The van der Waals surface area contributed by atoms with Gasteiger partial charge in [0.2, 0.25) is 0 Å². The molecule has 0 amide bonds. The molecule has 1 saturated carbocycles. The van der Waals surface area contributed by atoms with Crippen LogP contribution in [0.2, 0.25) is 0 Å². The summed E-state index contributed by atoms with van der Waals surface area (Å²) in [5, 5.41) is 9.18. The Balaban J connectivity index is 2.15. The average molecular weight is 234 g/mol. The lowest BCUT2D eigenvalue weighted by molar-refractivity contribution is 0.281. The molecule has 0 saturated heterocycles. The molecule has 1 aliphatic rings. The summed E-state index contributed by atoms with van der Waals surface area (Å²) in [5.74, 6) is 1.02. The highest BCUT2D eigenvalue weighted by Gasteiger charge is 2.20. The van der Waals surface area contributed by atoms with Gasteiger partial charge in [-0.25, -0.2) is 4.98 Å². The Kier molecular flexibility index (Phi) is 4.37.